The summed E-state index contributed by atoms with van der Waals surface area (Å²) in [6.45, 7) is 4.44. The fraction of sp³-hybridized carbons (Fsp3) is 0.727. The Morgan fingerprint density at radius 3 is 2.17 bits per heavy atom. The maximum Gasteiger partial charge on any atom is 0.242 e. The Morgan fingerprint density at radius 2 is 1.72 bits per heavy atom. The van der Waals surface area contributed by atoms with Crippen LogP contribution in [0.4, 0.5) is 0 Å². The predicted octanol–water partition coefficient (Wildman–Crippen LogP) is -1.49. The summed E-state index contributed by atoms with van der Waals surface area (Å²) in [5.74, 6) is -1.02. The van der Waals surface area contributed by atoms with Gasteiger partial charge in [0.1, 0.15) is 6.04 Å². The monoisotopic (exact) mass is 259 g/mol. The number of hydrogen-bond donors (Lipinski definition) is 4. The molecule has 0 bridgehead atoms. The number of aliphatic hydroxyl groups is 1. The molecular weight excluding hydrogens is 238 g/mol. The first-order valence-electron chi connectivity index (χ1n) is 5.74. The van der Waals surface area contributed by atoms with Crippen LogP contribution in [0.15, 0.2) is 0 Å². The highest BCUT2D eigenvalue weighted by Crippen LogP contribution is 1.99. The third-order valence-electron chi connectivity index (χ3n) is 2.43. The van der Waals surface area contributed by atoms with Crippen LogP contribution in [-0.2, 0) is 14.4 Å². The van der Waals surface area contributed by atoms with Crippen LogP contribution in [0.3, 0.4) is 0 Å². The average molecular weight is 259 g/mol. The summed E-state index contributed by atoms with van der Waals surface area (Å²) < 4.78 is 0. The van der Waals surface area contributed by atoms with Gasteiger partial charge < -0.3 is 21.1 Å². The Morgan fingerprint density at radius 1 is 1.17 bits per heavy atom. The van der Waals surface area contributed by atoms with E-state index in [1.807, 2.05) is 0 Å². The van der Waals surface area contributed by atoms with Gasteiger partial charge in [0, 0.05) is 14.0 Å². The van der Waals surface area contributed by atoms with E-state index in [0.29, 0.717) is 0 Å². The minimum Gasteiger partial charge on any atom is -0.390 e. The Balaban J connectivity index is 4.21. The van der Waals surface area contributed by atoms with E-state index in [-0.39, 0.29) is 18.2 Å². The molecule has 0 radical (unpaired) electrons. The molecule has 0 aromatic carbocycles. The molecule has 18 heavy (non-hydrogen) atoms. The van der Waals surface area contributed by atoms with Gasteiger partial charge in [-0.2, -0.15) is 0 Å². The molecule has 7 heteroatoms. The third-order valence-corrected chi connectivity index (χ3v) is 2.43. The fourth-order valence-electron chi connectivity index (χ4n) is 1.28. The average Bonchev–Trinajstić information content (AvgIpc) is 2.27. The molecule has 0 heterocycles. The highest BCUT2D eigenvalue weighted by atomic mass is 16.3. The van der Waals surface area contributed by atoms with Crippen LogP contribution >= 0.6 is 0 Å². The summed E-state index contributed by atoms with van der Waals surface area (Å²) in [4.78, 5) is 33.4. The first kappa shape index (κ1) is 16.4. The van der Waals surface area contributed by atoms with Crippen molar-refractivity contribution in [1.29, 1.82) is 0 Å². The van der Waals surface area contributed by atoms with Gasteiger partial charge in [-0.15, -0.1) is 0 Å². The minimum absolute atomic E-state index is 0.0908. The zero-order valence-corrected chi connectivity index (χ0v) is 11.1. The number of aliphatic hydroxyl groups excluding tert-OH is 1. The predicted molar refractivity (Wildman–Crippen MR) is 65.6 cm³/mol. The topological polar surface area (TPSA) is 108 Å². The number of amides is 3. The van der Waals surface area contributed by atoms with Gasteiger partial charge in [0.2, 0.25) is 17.7 Å². The zero-order chi connectivity index (χ0) is 14.3. The van der Waals surface area contributed by atoms with E-state index in [4.69, 9.17) is 0 Å². The molecule has 7 nitrogen and oxygen atoms in total. The molecule has 0 saturated heterocycles. The lowest BCUT2D eigenvalue weighted by atomic mass is 10.1. The summed E-state index contributed by atoms with van der Waals surface area (Å²) in [6.07, 6.45) is -1.06. The van der Waals surface area contributed by atoms with Crippen molar-refractivity contribution in [3.05, 3.63) is 0 Å². The zero-order valence-electron chi connectivity index (χ0n) is 11.1. The summed E-state index contributed by atoms with van der Waals surface area (Å²) in [5, 5.41) is 17.0. The quantitative estimate of drug-likeness (QED) is 0.466. The van der Waals surface area contributed by atoms with Gasteiger partial charge in [-0.3, -0.25) is 14.4 Å². The summed E-state index contributed by atoms with van der Waals surface area (Å²) >= 11 is 0. The van der Waals surface area contributed by atoms with Crippen LogP contribution in [0.25, 0.3) is 0 Å². The number of hydrogen-bond acceptors (Lipinski definition) is 4. The molecule has 0 fully saturated rings. The summed E-state index contributed by atoms with van der Waals surface area (Å²) in [7, 11) is 1.47. The molecule has 3 atom stereocenters. The van der Waals surface area contributed by atoms with E-state index in [9.17, 15) is 19.5 Å². The molecule has 0 saturated carbocycles. The lowest BCUT2D eigenvalue weighted by Gasteiger charge is -2.22. The van der Waals surface area contributed by atoms with Crippen LogP contribution in [0, 0.1) is 0 Å². The minimum atomic E-state index is -0.974. The number of carbonyl (C=O) groups excluding carboxylic acids is 3. The molecular formula is C11H21N3O4. The van der Waals surface area contributed by atoms with Crippen LogP contribution in [0.5, 0.6) is 0 Å². The van der Waals surface area contributed by atoms with Crippen molar-refractivity contribution < 1.29 is 19.5 Å². The van der Waals surface area contributed by atoms with Gasteiger partial charge >= 0.3 is 0 Å². The van der Waals surface area contributed by atoms with Gasteiger partial charge in [-0.25, -0.2) is 0 Å². The molecule has 1 unspecified atom stereocenters. The standard InChI is InChI=1S/C11H21N3O4/c1-6(9(16)5-10(17)12-4)14-11(18)7(2)13-8(3)15/h6-7,9,16H,5H2,1-4H3,(H,12,17)(H,13,15)(H,14,18)/t6-,7?,9-/m0/s1. The smallest absolute Gasteiger partial charge is 0.242 e. The van der Waals surface area contributed by atoms with Crippen LogP contribution in [0.2, 0.25) is 0 Å². The van der Waals surface area contributed by atoms with E-state index in [1.165, 1.54) is 20.9 Å². The Bertz CT molecular complexity index is 319. The number of rotatable bonds is 6. The Hall–Kier alpha value is -1.63. The Kier molecular flexibility index (Phi) is 6.96. The fourth-order valence-corrected chi connectivity index (χ4v) is 1.28. The Labute approximate surface area is 106 Å². The molecule has 0 aliphatic carbocycles. The first-order chi connectivity index (χ1) is 8.27. The van der Waals surface area contributed by atoms with Crippen molar-refractivity contribution in [2.24, 2.45) is 0 Å². The van der Waals surface area contributed by atoms with Crippen molar-refractivity contribution in [3.8, 4) is 0 Å². The molecule has 0 aromatic heterocycles. The van der Waals surface area contributed by atoms with Crippen molar-refractivity contribution in [2.45, 2.75) is 45.4 Å². The van der Waals surface area contributed by atoms with E-state index >= 15 is 0 Å². The van der Waals surface area contributed by atoms with E-state index in [1.54, 1.807) is 6.92 Å². The van der Waals surface area contributed by atoms with Gasteiger partial charge in [-0.1, -0.05) is 0 Å². The third kappa shape index (κ3) is 6.19. The van der Waals surface area contributed by atoms with Crippen molar-refractivity contribution >= 4 is 17.7 Å². The highest BCUT2D eigenvalue weighted by Gasteiger charge is 2.22. The van der Waals surface area contributed by atoms with E-state index in [2.05, 4.69) is 16.0 Å². The van der Waals surface area contributed by atoms with Crippen LogP contribution in [0.1, 0.15) is 27.2 Å². The van der Waals surface area contributed by atoms with Gasteiger partial charge in [0.25, 0.3) is 0 Å². The second-order valence-corrected chi connectivity index (χ2v) is 4.16. The maximum absolute atomic E-state index is 11.6. The molecule has 0 aliphatic heterocycles. The molecule has 4 N–H and O–H groups in total. The normalized spacial score (nSPS) is 15.2. The highest BCUT2D eigenvalue weighted by molar-refractivity contribution is 5.86. The van der Waals surface area contributed by atoms with Crippen molar-refractivity contribution in [3.63, 3.8) is 0 Å². The van der Waals surface area contributed by atoms with Crippen molar-refractivity contribution in [2.75, 3.05) is 7.05 Å². The van der Waals surface area contributed by atoms with Gasteiger partial charge in [0.05, 0.1) is 18.6 Å². The second-order valence-electron chi connectivity index (χ2n) is 4.16. The van der Waals surface area contributed by atoms with Crippen molar-refractivity contribution in [1.82, 2.24) is 16.0 Å². The van der Waals surface area contributed by atoms with E-state index in [0.717, 1.165) is 0 Å². The molecule has 0 aliphatic rings. The SMILES string of the molecule is CNC(=O)C[C@H](O)[C@H](C)NC(=O)C(C)NC(C)=O. The lowest BCUT2D eigenvalue weighted by Crippen LogP contribution is -2.50. The molecule has 0 spiro atoms. The number of carbonyl (C=O) groups is 3. The largest absolute Gasteiger partial charge is 0.390 e. The second kappa shape index (κ2) is 7.65. The maximum atomic E-state index is 11.6. The molecule has 3 amide bonds. The molecule has 104 valence electrons. The van der Waals surface area contributed by atoms with Crippen LogP contribution in [-0.4, -0.2) is 48.1 Å². The first-order valence-corrected chi connectivity index (χ1v) is 5.74. The lowest BCUT2D eigenvalue weighted by molar-refractivity contribution is -0.129. The van der Waals surface area contributed by atoms with Crippen LogP contribution < -0.4 is 16.0 Å². The van der Waals surface area contributed by atoms with Gasteiger partial charge in [-0.05, 0) is 13.8 Å². The molecule has 0 aromatic rings. The van der Waals surface area contributed by atoms with E-state index < -0.39 is 24.1 Å². The van der Waals surface area contributed by atoms with Gasteiger partial charge in [0.15, 0.2) is 0 Å². The summed E-state index contributed by atoms with van der Waals surface area (Å²) in [6, 6.07) is -1.26. The number of nitrogens with one attached hydrogen (secondary N) is 3. The molecule has 0 rings (SSSR count). The summed E-state index contributed by atoms with van der Waals surface area (Å²) in [5.41, 5.74) is 0.